The second-order valence-corrected chi connectivity index (χ2v) is 8.90. The van der Waals surface area contributed by atoms with Crippen LogP contribution in [0.2, 0.25) is 0 Å². The van der Waals surface area contributed by atoms with Crippen molar-refractivity contribution in [3.63, 3.8) is 0 Å². The Morgan fingerprint density at radius 1 is 0.818 bits per heavy atom. The third-order valence-electron chi connectivity index (χ3n) is 6.00. The number of alkyl halides is 2. The van der Waals surface area contributed by atoms with Crippen LogP contribution in [-0.4, -0.2) is 5.92 Å². The Hall–Kier alpha value is -0.140. The van der Waals surface area contributed by atoms with Crippen molar-refractivity contribution in [1.82, 2.24) is 0 Å². The van der Waals surface area contributed by atoms with Crippen LogP contribution in [0, 0.1) is 29.6 Å². The van der Waals surface area contributed by atoms with Crippen molar-refractivity contribution in [1.29, 1.82) is 0 Å². The zero-order valence-corrected chi connectivity index (χ0v) is 14.9. The van der Waals surface area contributed by atoms with Gasteiger partial charge in [-0.2, -0.15) is 0 Å². The van der Waals surface area contributed by atoms with Crippen molar-refractivity contribution in [2.75, 3.05) is 0 Å². The second kappa shape index (κ2) is 8.11. The van der Waals surface area contributed by atoms with E-state index >= 15 is 0 Å². The molecule has 3 atom stereocenters. The Kier molecular flexibility index (Phi) is 6.71. The van der Waals surface area contributed by atoms with E-state index in [4.69, 9.17) is 0 Å². The largest absolute Gasteiger partial charge is 0.248 e. The van der Waals surface area contributed by atoms with E-state index in [-0.39, 0.29) is 12.8 Å². The van der Waals surface area contributed by atoms with E-state index in [2.05, 4.69) is 20.8 Å². The van der Waals surface area contributed by atoms with Gasteiger partial charge in [-0.15, -0.1) is 0 Å². The summed E-state index contributed by atoms with van der Waals surface area (Å²) in [6, 6.07) is 0. The van der Waals surface area contributed by atoms with Crippen LogP contribution in [0.15, 0.2) is 0 Å². The standard InChI is InChI=1S/C20H36F2/c1-15(2)11-18-5-4-6-19(14-18)13-16(3)12-17-7-9-20(21,22)10-8-17/h15-19H,4-14H2,1-3H3. The summed E-state index contributed by atoms with van der Waals surface area (Å²) in [5.41, 5.74) is 0. The quantitative estimate of drug-likeness (QED) is 0.491. The SMILES string of the molecule is CC(C)CC1CCCC(CC(C)CC2CCC(F)(F)CC2)C1. The Morgan fingerprint density at radius 3 is 1.95 bits per heavy atom. The lowest BCUT2D eigenvalue weighted by molar-refractivity contribution is -0.0481. The fourth-order valence-electron chi connectivity index (χ4n) is 5.07. The molecule has 0 N–H and O–H groups in total. The van der Waals surface area contributed by atoms with Gasteiger partial charge in [-0.05, 0) is 68.1 Å². The van der Waals surface area contributed by atoms with Gasteiger partial charge in [0.2, 0.25) is 5.92 Å². The molecule has 0 bridgehead atoms. The number of halogens is 2. The van der Waals surface area contributed by atoms with Gasteiger partial charge in [0.1, 0.15) is 0 Å². The van der Waals surface area contributed by atoms with Gasteiger partial charge in [0, 0.05) is 12.8 Å². The van der Waals surface area contributed by atoms with Crippen molar-refractivity contribution in [3.05, 3.63) is 0 Å². The molecular formula is C20H36F2. The zero-order chi connectivity index (χ0) is 16.2. The Balaban J connectivity index is 1.69. The molecule has 2 rings (SSSR count). The Bertz CT molecular complexity index is 314. The van der Waals surface area contributed by atoms with E-state index < -0.39 is 5.92 Å². The first-order chi connectivity index (χ1) is 10.3. The topological polar surface area (TPSA) is 0 Å². The Labute approximate surface area is 136 Å². The maximum Gasteiger partial charge on any atom is 0.248 e. The molecule has 0 radical (unpaired) electrons. The molecule has 2 fully saturated rings. The molecule has 0 aromatic carbocycles. The molecule has 0 aromatic heterocycles. The summed E-state index contributed by atoms with van der Waals surface area (Å²) in [4.78, 5) is 0. The first kappa shape index (κ1) is 18.2. The molecule has 0 spiro atoms. The third-order valence-corrected chi connectivity index (χ3v) is 6.00. The van der Waals surface area contributed by atoms with Gasteiger partial charge in [0.15, 0.2) is 0 Å². The van der Waals surface area contributed by atoms with Gasteiger partial charge in [-0.3, -0.25) is 0 Å². The van der Waals surface area contributed by atoms with Gasteiger partial charge >= 0.3 is 0 Å². The average Bonchev–Trinajstić information content (AvgIpc) is 2.41. The smallest absolute Gasteiger partial charge is 0.207 e. The van der Waals surface area contributed by atoms with Gasteiger partial charge in [-0.25, -0.2) is 8.78 Å². The van der Waals surface area contributed by atoms with Crippen molar-refractivity contribution >= 4 is 0 Å². The predicted octanol–water partition coefficient (Wildman–Crippen LogP) is 7.08. The van der Waals surface area contributed by atoms with Crippen molar-refractivity contribution in [2.45, 2.75) is 97.3 Å². The fraction of sp³-hybridized carbons (Fsp3) is 1.00. The molecule has 0 amide bonds. The normalized spacial score (nSPS) is 31.4. The van der Waals surface area contributed by atoms with Crippen LogP contribution < -0.4 is 0 Å². The maximum atomic E-state index is 13.2. The van der Waals surface area contributed by atoms with Crippen LogP contribution in [0.3, 0.4) is 0 Å². The van der Waals surface area contributed by atoms with Crippen molar-refractivity contribution in [3.8, 4) is 0 Å². The maximum absolute atomic E-state index is 13.2. The zero-order valence-electron chi connectivity index (χ0n) is 14.9. The number of hydrogen-bond acceptors (Lipinski definition) is 0. The highest BCUT2D eigenvalue weighted by atomic mass is 19.3. The summed E-state index contributed by atoms with van der Waals surface area (Å²) >= 11 is 0. The lowest BCUT2D eigenvalue weighted by atomic mass is 9.73. The van der Waals surface area contributed by atoms with Gasteiger partial charge in [0.25, 0.3) is 0 Å². The van der Waals surface area contributed by atoms with Crippen LogP contribution in [0.4, 0.5) is 8.78 Å². The predicted molar refractivity (Wildman–Crippen MR) is 90.2 cm³/mol. The summed E-state index contributed by atoms with van der Waals surface area (Å²) in [7, 11) is 0. The monoisotopic (exact) mass is 314 g/mol. The molecule has 0 nitrogen and oxygen atoms in total. The molecule has 2 saturated carbocycles. The van der Waals surface area contributed by atoms with E-state index in [0.717, 1.165) is 36.5 Å². The fourth-order valence-corrected chi connectivity index (χ4v) is 5.07. The summed E-state index contributed by atoms with van der Waals surface area (Å²) < 4.78 is 26.5. The number of rotatable bonds is 6. The van der Waals surface area contributed by atoms with Gasteiger partial charge in [0.05, 0.1) is 0 Å². The Morgan fingerprint density at radius 2 is 1.36 bits per heavy atom. The van der Waals surface area contributed by atoms with Gasteiger partial charge < -0.3 is 0 Å². The van der Waals surface area contributed by atoms with Crippen LogP contribution in [0.5, 0.6) is 0 Å². The molecule has 2 heteroatoms. The average molecular weight is 315 g/mol. The third kappa shape index (κ3) is 6.16. The lowest BCUT2D eigenvalue weighted by Crippen LogP contribution is -2.26. The van der Waals surface area contributed by atoms with Crippen LogP contribution in [-0.2, 0) is 0 Å². The highest BCUT2D eigenvalue weighted by Gasteiger charge is 2.35. The van der Waals surface area contributed by atoms with E-state index in [1.807, 2.05) is 0 Å². The highest BCUT2D eigenvalue weighted by molar-refractivity contribution is 4.80. The molecule has 2 aliphatic rings. The first-order valence-electron chi connectivity index (χ1n) is 9.72. The minimum atomic E-state index is -2.37. The number of hydrogen-bond donors (Lipinski definition) is 0. The molecule has 22 heavy (non-hydrogen) atoms. The van der Waals surface area contributed by atoms with E-state index in [1.54, 1.807) is 0 Å². The molecule has 0 heterocycles. The summed E-state index contributed by atoms with van der Waals surface area (Å²) in [5.74, 6) is 1.58. The highest BCUT2D eigenvalue weighted by Crippen LogP contribution is 2.41. The minimum absolute atomic E-state index is 0.129. The van der Waals surface area contributed by atoms with Crippen molar-refractivity contribution in [2.24, 2.45) is 29.6 Å². The van der Waals surface area contributed by atoms with E-state index in [1.165, 1.54) is 44.9 Å². The molecular weight excluding hydrogens is 278 g/mol. The summed E-state index contributed by atoms with van der Waals surface area (Å²) in [6.07, 6.45) is 11.3. The van der Waals surface area contributed by atoms with Crippen LogP contribution in [0.1, 0.15) is 91.4 Å². The van der Waals surface area contributed by atoms with Crippen LogP contribution >= 0.6 is 0 Å². The van der Waals surface area contributed by atoms with Crippen molar-refractivity contribution < 1.29 is 8.78 Å². The second-order valence-electron chi connectivity index (χ2n) is 8.90. The molecule has 130 valence electrons. The van der Waals surface area contributed by atoms with E-state index in [0.29, 0.717) is 5.92 Å². The molecule has 0 aliphatic heterocycles. The minimum Gasteiger partial charge on any atom is -0.207 e. The lowest BCUT2D eigenvalue weighted by Gasteiger charge is -2.34. The summed E-state index contributed by atoms with van der Waals surface area (Å²) in [5, 5.41) is 0. The summed E-state index contributed by atoms with van der Waals surface area (Å²) in [6.45, 7) is 7.04. The van der Waals surface area contributed by atoms with Crippen LogP contribution in [0.25, 0.3) is 0 Å². The molecule has 0 saturated heterocycles. The first-order valence-corrected chi connectivity index (χ1v) is 9.72. The molecule has 2 aliphatic carbocycles. The molecule has 0 aromatic rings. The molecule has 3 unspecified atom stereocenters. The van der Waals surface area contributed by atoms with E-state index in [9.17, 15) is 8.78 Å². The van der Waals surface area contributed by atoms with Gasteiger partial charge in [-0.1, -0.05) is 40.0 Å².